The highest BCUT2D eigenvalue weighted by atomic mass is 35.5. The SMILES string of the molecule is COC(=O)c1ccc(CO[C@H](CN2CCN(C(=O)c3cccc(Cl)c3)CC2)c2cccc(OC)c2)cc1. The van der Waals surface area contributed by atoms with Crippen molar-refractivity contribution < 1.29 is 23.8 Å². The highest BCUT2D eigenvalue weighted by Gasteiger charge is 2.25. The van der Waals surface area contributed by atoms with Crippen LogP contribution >= 0.6 is 11.6 Å². The molecular formula is C29H31ClN2O5. The van der Waals surface area contributed by atoms with E-state index >= 15 is 0 Å². The number of carbonyl (C=O) groups is 2. The average Bonchev–Trinajstić information content (AvgIpc) is 2.95. The van der Waals surface area contributed by atoms with Crippen molar-refractivity contribution in [3.8, 4) is 5.75 Å². The summed E-state index contributed by atoms with van der Waals surface area (Å²) in [6.45, 7) is 3.80. The Morgan fingerprint density at radius 1 is 0.892 bits per heavy atom. The predicted molar refractivity (Wildman–Crippen MR) is 142 cm³/mol. The van der Waals surface area contributed by atoms with Crippen molar-refractivity contribution in [3.63, 3.8) is 0 Å². The zero-order valence-electron chi connectivity index (χ0n) is 21.1. The molecule has 0 radical (unpaired) electrons. The molecule has 1 fully saturated rings. The summed E-state index contributed by atoms with van der Waals surface area (Å²) in [6, 6.07) is 22.2. The number of piperazine rings is 1. The zero-order valence-corrected chi connectivity index (χ0v) is 21.8. The molecule has 0 aromatic heterocycles. The summed E-state index contributed by atoms with van der Waals surface area (Å²) in [7, 11) is 3.01. The largest absolute Gasteiger partial charge is 0.497 e. The summed E-state index contributed by atoms with van der Waals surface area (Å²) in [6.07, 6.45) is -0.203. The van der Waals surface area contributed by atoms with E-state index in [-0.39, 0.29) is 18.0 Å². The van der Waals surface area contributed by atoms with E-state index in [1.54, 1.807) is 43.5 Å². The lowest BCUT2D eigenvalue weighted by molar-refractivity contribution is 0.00331. The predicted octanol–water partition coefficient (Wildman–Crippen LogP) is 4.85. The molecule has 0 bridgehead atoms. The summed E-state index contributed by atoms with van der Waals surface area (Å²) in [4.78, 5) is 28.8. The number of methoxy groups -OCH3 is 2. The van der Waals surface area contributed by atoms with Crippen LogP contribution in [0.3, 0.4) is 0 Å². The smallest absolute Gasteiger partial charge is 0.337 e. The highest BCUT2D eigenvalue weighted by molar-refractivity contribution is 6.30. The first-order valence-electron chi connectivity index (χ1n) is 12.2. The molecule has 1 heterocycles. The number of nitrogens with zero attached hydrogens (tertiary/aromatic N) is 2. The molecular weight excluding hydrogens is 492 g/mol. The Kier molecular flexibility index (Phi) is 9.17. The molecule has 37 heavy (non-hydrogen) atoms. The minimum absolute atomic E-state index is 0.00172. The molecule has 194 valence electrons. The Morgan fingerprint density at radius 2 is 1.62 bits per heavy atom. The highest BCUT2D eigenvalue weighted by Crippen LogP contribution is 2.25. The quantitative estimate of drug-likeness (QED) is 0.374. The van der Waals surface area contributed by atoms with Gasteiger partial charge in [0, 0.05) is 43.3 Å². The first-order valence-corrected chi connectivity index (χ1v) is 12.5. The van der Waals surface area contributed by atoms with Crippen LogP contribution in [0.4, 0.5) is 0 Å². The van der Waals surface area contributed by atoms with Crippen molar-refractivity contribution in [3.05, 3.63) is 100 Å². The van der Waals surface area contributed by atoms with E-state index in [2.05, 4.69) is 4.90 Å². The molecule has 0 unspecified atom stereocenters. The van der Waals surface area contributed by atoms with Gasteiger partial charge >= 0.3 is 5.97 Å². The minimum Gasteiger partial charge on any atom is -0.497 e. The second-order valence-electron chi connectivity index (χ2n) is 8.87. The van der Waals surface area contributed by atoms with Crippen LogP contribution in [0.25, 0.3) is 0 Å². The van der Waals surface area contributed by atoms with Crippen LogP contribution < -0.4 is 4.74 Å². The van der Waals surface area contributed by atoms with E-state index in [9.17, 15) is 9.59 Å². The zero-order chi connectivity index (χ0) is 26.2. The summed E-state index contributed by atoms with van der Waals surface area (Å²) in [5.74, 6) is 0.401. The molecule has 3 aromatic carbocycles. The van der Waals surface area contributed by atoms with Gasteiger partial charge in [0.2, 0.25) is 0 Å². The maximum atomic E-state index is 12.9. The average molecular weight is 523 g/mol. The fourth-order valence-corrected chi connectivity index (χ4v) is 4.51. The monoisotopic (exact) mass is 522 g/mol. The fraction of sp³-hybridized carbons (Fsp3) is 0.310. The molecule has 3 aromatic rings. The van der Waals surface area contributed by atoms with E-state index in [0.717, 1.165) is 30.0 Å². The van der Waals surface area contributed by atoms with Gasteiger partial charge < -0.3 is 19.1 Å². The third-order valence-corrected chi connectivity index (χ3v) is 6.68. The number of rotatable bonds is 9. The summed E-state index contributed by atoms with van der Waals surface area (Å²) in [5, 5.41) is 0.558. The van der Waals surface area contributed by atoms with Gasteiger partial charge in [-0.15, -0.1) is 0 Å². The minimum atomic E-state index is -0.366. The van der Waals surface area contributed by atoms with Gasteiger partial charge in [-0.3, -0.25) is 9.69 Å². The number of halogens is 1. The molecule has 0 aliphatic carbocycles. The number of ether oxygens (including phenoxy) is 3. The Morgan fingerprint density at radius 3 is 2.30 bits per heavy atom. The molecule has 0 saturated carbocycles. The molecule has 1 aliphatic rings. The molecule has 1 atom stereocenters. The summed E-state index contributed by atoms with van der Waals surface area (Å²) in [5.41, 5.74) is 3.08. The van der Waals surface area contributed by atoms with Crippen molar-refractivity contribution in [2.75, 3.05) is 46.9 Å². The Balaban J connectivity index is 1.40. The first-order chi connectivity index (χ1) is 18.0. The van der Waals surface area contributed by atoms with Gasteiger partial charge in [0.05, 0.1) is 32.5 Å². The normalized spacial score (nSPS) is 14.7. The topological polar surface area (TPSA) is 68.3 Å². The molecule has 8 heteroatoms. The van der Waals surface area contributed by atoms with Crippen LogP contribution in [0, 0.1) is 0 Å². The van der Waals surface area contributed by atoms with E-state index in [1.165, 1.54) is 7.11 Å². The molecule has 0 N–H and O–H groups in total. The van der Waals surface area contributed by atoms with Crippen LogP contribution in [0.5, 0.6) is 5.75 Å². The second-order valence-corrected chi connectivity index (χ2v) is 9.30. The Labute approximate surface area is 222 Å². The van der Waals surface area contributed by atoms with Gasteiger partial charge in [0.15, 0.2) is 0 Å². The van der Waals surface area contributed by atoms with Crippen LogP contribution in [-0.4, -0.2) is 68.6 Å². The number of hydrogen-bond donors (Lipinski definition) is 0. The third-order valence-electron chi connectivity index (χ3n) is 6.45. The maximum absolute atomic E-state index is 12.9. The summed E-state index contributed by atoms with van der Waals surface area (Å²) >= 11 is 6.07. The van der Waals surface area contributed by atoms with Crippen LogP contribution in [0.1, 0.15) is 37.9 Å². The standard InChI is InChI=1S/C29H31ClN2O5/c1-35-26-8-4-5-23(18-26)27(37-20-21-9-11-22(12-10-21)29(34)36-2)19-31-13-15-32(16-14-31)28(33)24-6-3-7-25(30)17-24/h3-12,17-18,27H,13-16,19-20H2,1-2H3/t27-/m1/s1. The van der Waals surface area contributed by atoms with Crippen LogP contribution in [0.15, 0.2) is 72.8 Å². The van der Waals surface area contributed by atoms with E-state index in [4.69, 9.17) is 25.8 Å². The fourth-order valence-electron chi connectivity index (χ4n) is 4.32. The van der Waals surface area contributed by atoms with Crippen LogP contribution in [0.2, 0.25) is 5.02 Å². The summed E-state index contributed by atoms with van der Waals surface area (Å²) < 4.78 is 16.6. The molecule has 1 saturated heterocycles. The van der Waals surface area contributed by atoms with Crippen molar-refractivity contribution in [1.82, 2.24) is 9.80 Å². The van der Waals surface area contributed by atoms with Gasteiger partial charge in [0.1, 0.15) is 5.75 Å². The lowest BCUT2D eigenvalue weighted by Gasteiger charge is -2.36. The van der Waals surface area contributed by atoms with Gasteiger partial charge in [0.25, 0.3) is 5.91 Å². The number of hydrogen-bond acceptors (Lipinski definition) is 6. The Bertz CT molecular complexity index is 1210. The number of benzene rings is 3. The second kappa shape index (κ2) is 12.7. The molecule has 1 aliphatic heterocycles. The number of esters is 1. The van der Waals surface area contributed by atoms with Gasteiger partial charge in [-0.2, -0.15) is 0 Å². The molecule has 4 rings (SSSR count). The molecule has 1 amide bonds. The first kappa shape index (κ1) is 26.7. The van der Waals surface area contributed by atoms with E-state index in [1.807, 2.05) is 41.3 Å². The van der Waals surface area contributed by atoms with Crippen molar-refractivity contribution in [1.29, 1.82) is 0 Å². The number of carbonyl (C=O) groups excluding carboxylic acids is 2. The molecule has 7 nitrogen and oxygen atoms in total. The molecule has 0 spiro atoms. The van der Waals surface area contributed by atoms with E-state index in [0.29, 0.717) is 42.4 Å². The van der Waals surface area contributed by atoms with Gasteiger partial charge in [-0.05, 0) is 53.6 Å². The third kappa shape index (κ3) is 7.10. The lowest BCUT2D eigenvalue weighted by Crippen LogP contribution is -2.49. The maximum Gasteiger partial charge on any atom is 0.337 e. The van der Waals surface area contributed by atoms with Gasteiger partial charge in [-0.1, -0.05) is 41.9 Å². The number of amides is 1. The van der Waals surface area contributed by atoms with Gasteiger partial charge in [-0.25, -0.2) is 4.79 Å². The van der Waals surface area contributed by atoms with Crippen LogP contribution in [-0.2, 0) is 16.1 Å². The van der Waals surface area contributed by atoms with Crippen molar-refractivity contribution >= 4 is 23.5 Å². The Hall–Kier alpha value is -3.39. The van der Waals surface area contributed by atoms with E-state index < -0.39 is 0 Å². The lowest BCUT2D eigenvalue weighted by atomic mass is 10.1. The van der Waals surface area contributed by atoms with Crippen molar-refractivity contribution in [2.45, 2.75) is 12.7 Å². The van der Waals surface area contributed by atoms with Crippen molar-refractivity contribution in [2.24, 2.45) is 0 Å².